The lowest BCUT2D eigenvalue weighted by molar-refractivity contribution is -0.123. The number of carbonyl (C=O) groups is 3. The van der Waals surface area contributed by atoms with Crippen molar-refractivity contribution in [2.45, 2.75) is 26.3 Å². The van der Waals surface area contributed by atoms with Crippen molar-refractivity contribution < 1.29 is 23.5 Å². The van der Waals surface area contributed by atoms with Gasteiger partial charge in [-0.15, -0.1) is 0 Å². The number of halogens is 1. The van der Waals surface area contributed by atoms with E-state index in [1.807, 2.05) is 0 Å². The van der Waals surface area contributed by atoms with Gasteiger partial charge in [0.25, 0.3) is 5.91 Å². The number of nitrogens with one attached hydrogen (secondary N) is 1. The maximum absolute atomic E-state index is 12.9. The Morgan fingerprint density at radius 3 is 2.64 bits per heavy atom. The molecule has 0 spiro atoms. The predicted molar refractivity (Wildman–Crippen MR) is 102 cm³/mol. The second kappa shape index (κ2) is 8.65. The van der Waals surface area contributed by atoms with Crippen molar-refractivity contribution in [2.24, 2.45) is 0 Å². The third kappa shape index (κ3) is 4.73. The number of carbonyl (C=O) groups excluding carboxylic acids is 3. The van der Waals surface area contributed by atoms with Gasteiger partial charge in [0.1, 0.15) is 11.6 Å². The molecule has 0 bridgehead atoms. The Bertz CT molecular complexity index is 896. The zero-order valence-corrected chi connectivity index (χ0v) is 15.5. The van der Waals surface area contributed by atoms with E-state index in [-0.39, 0.29) is 36.4 Å². The van der Waals surface area contributed by atoms with Gasteiger partial charge in [0.15, 0.2) is 12.4 Å². The molecule has 1 N–H and O–H groups in total. The molecule has 146 valence electrons. The number of anilines is 1. The van der Waals surface area contributed by atoms with Gasteiger partial charge >= 0.3 is 0 Å². The molecule has 6 nitrogen and oxygen atoms in total. The van der Waals surface area contributed by atoms with Gasteiger partial charge in [-0.2, -0.15) is 0 Å². The van der Waals surface area contributed by atoms with E-state index in [1.165, 1.54) is 19.1 Å². The van der Waals surface area contributed by atoms with Crippen LogP contribution >= 0.6 is 0 Å². The molecular weight excluding hydrogens is 363 g/mol. The molecule has 1 heterocycles. The van der Waals surface area contributed by atoms with Gasteiger partial charge in [0, 0.05) is 25.1 Å². The molecule has 1 aliphatic heterocycles. The fourth-order valence-electron chi connectivity index (χ4n) is 2.96. The fourth-order valence-corrected chi connectivity index (χ4v) is 2.96. The van der Waals surface area contributed by atoms with E-state index in [1.54, 1.807) is 35.2 Å². The molecule has 0 radical (unpaired) electrons. The number of ketones is 1. The fraction of sp³-hybridized carbons (Fsp3) is 0.286. The number of Topliss-reactive ketones (excluding diaryl/α,β-unsaturated/α-hetero) is 1. The van der Waals surface area contributed by atoms with Crippen LogP contribution in [-0.4, -0.2) is 30.7 Å². The highest BCUT2D eigenvalue weighted by Gasteiger charge is 2.26. The molecule has 0 aromatic heterocycles. The minimum Gasteiger partial charge on any atom is -0.482 e. The average Bonchev–Trinajstić information content (AvgIpc) is 2.68. The Morgan fingerprint density at radius 1 is 1.18 bits per heavy atom. The first-order valence-corrected chi connectivity index (χ1v) is 9.03. The number of nitrogens with zero attached hydrogens (tertiary/aromatic N) is 1. The molecule has 7 heteroatoms. The van der Waals surface area contributed by atoms with Crippen molar-refractivity contribution in [2.75, 3.05) is 18.1 Å². The van der Waals surface area contributed by atoms with E-state index in [9.17, 15) is 18.8 Å². The lowest BCUT2D eigenvalue weighted by Crippen LogP contribution is -2.40. The number of rotatable bonds is 7. The average molecular weight is 384 g/mol. The molecule has 0 saturated carbocycles. The number of fused-ring (bicyclic) bond motifs is 1. The number of hydrogen-bond acceptors (Lipinski definition) is 4. The second-order valence-corrected chi connectivity index (χ2v) is 6.58. The molecule has 2 aromatic rings. The monoisotopic (exact) mass is 384 g/mol. The van der Waals surface area contributed by atoms with E-state index >= 15 is 0 Å². The number of amides is 2. The maximum Gasteiger partial charge on any atom is 0.265 e. The summed E-state index contributed by atoms with van der Waals surface area (Å²) in [5.74, 6) is -0.229. The number of benzene rings is 2. The topological polar surface area (TPSA) is 75.7 Å². The second-order valence-electron chi connectivity index (χ2n) is 6.58. The molecular formula is C21H21FN2O4. The first kappa shape index (κ1) is 19.5. The van der Waals surface area contributed by atoms with Crippen LogP contribution in [-0.2, 0) is 16.1 Å². The lowest BCUT2D eigenvalue weighted by atomic mass is 10.1. The zero-order valence-electron chi connectivity index (χ0n) is 15.5. The van der Waals surface area contributed by atoms with E-state index in [0.29, 0.717) is 36.5 Å². The summed E-state index contributed by atoms with van der Waals surface area (Å²) in [6, 6.07) is 10.9. The Balaban J connectivity index is 1.55. The van der Waals surface area contributed by atoms with Crippen LogP contribution in [0.5, 0.6) is 5.75 Å². The van der Waals surface area contributed by atoms with Gasteiger partial charge in [0.05, 0.1) is 5.69 Å². The van der Waals surface area contributed by atoms with Gasteiger partial charge in [-0.25, -0.2) is 4.39 Å². The molecule has 0 aliphatic carbocycles. The summed E-state index contributed by atoms with van der Waals surface area (Å²) in [6.07, 6.45) is 0.707. The third-order valence-corrected chi connectivity index (χ3v) is 4.50. The largest absolute Gasteiger partial charge is 0.482 e. The van der Waals surface area contributed by atoms with Crippen molar-refractivity contribution in [3.05, 3.63) is 59.4 Å². The van der Waals surface area contributed by atoms with Gasteiger partial charge in [-0.3, -0.25) is 14.4 Å². The third-order valence-electron chi connectivity index (χ3n) is 4.50. The summed E-state index contributed by atoms with van der Waals surface area (Å²) in [7, 11) is 0. The first-order valence-electron chi connectivity index (χ1n) is 9.03. The minimum atomic E-state index is -0.321. The quantitative estimate of drug-likeness (QED) is 0.745. The van der Waals surface area contributed by atoms with Crippen molar-refractivity contribution >= 4 is 23.3 Å². The molecule has 1 aliphatic rings. The maximum atomic E-state index is 12.9. The summed E-state index contributed by atoms with van der Waals surface area (Å²) in [5, 5.41) is 2.78. The van der Waals surface area contributed by atoms with Gasteiger partial charge in [-0.05, 0) is 49.2 Å². The van der Waals surface area contributed by atoms with Crippen LogP contribution in [0.1, 0.15) is 35.7 Å². The highest BCUT2D eigenvalue weighted by molar-refractivity contribution is 6.01. The van der Waals surface area contributed by atoms with Crippen molar-refractivity contribution in [1.29, 1.82) is 0 Å². The van der Waals surface area contributed by atoms with Crippen LogP contribution in [0.3, 0.4) is 0 Å². The summed E-state index contributed by atoms with van der Waals surface area (Å²) >= 11 is 0. The molecule has 3 rings (SSSR count). The molecule has 0 atom stereocenters. The van der Waals surface area contributed by atoms with Crippen LogP contribution in [0, 0.1) is 5.82 Å². The number of hydrogen-bond donors (Lipinski definition) is 1. The Morgan fingerprint density at radius 2 is 1.93 bits per heavy atom. The van der Waals surface area contributed by atoms with Crippen LogP contribution in [0.15, 0.2) is 42.5 Å². The minimum absolute atomic E-state index is 0.0663. The summed E-state index contributed by atoms with van der Waals surface area (Å²) in [5.41, 5.74) is 1.86. The van der Waals surface area contributed by atoms with Crippen molar-refractivity contribution in [3.63, 3.8) is 0 Å². The standard InChI is InChI=1S/C21H21FN2O4/c1-14(25)16-6-9-19-18(11-16)24(21(27)13-28-19)10-2-3-20(26)23-12-15-4-7-17(22)8-5-15/h4-9,11H,2-3,10,12-13H2,1H3,(H,23,26). The van der Waals surface area contributed by atoms with E-state index < -0.39 is 0 Å². The van der Waals surface area contributed by atoms with Crippen molar-refractivity contribution in [3.8, 4) is 5.75 Å². The van der Waals surface area contributed by atoms with Crippen LogP contribution in [0.2, 0.25) is 0 Å². The normalized spacial score (nSPS) is 12.9. The molecule has 0 saturated heterocycles. The number of ether oxygens (including phenoxy) is 1. The molecule has 0 unspecified atom stereocenters. The van der Waals surface area contributed by atoms with E-state index in [0.717, 1.165) is 5.56 Å². The van der Waals surface area contributed by atoms with Gasteiger partial charge in [0.2, 0.25) is 5.91 Å². The Labute approximate surface area is 162 Å². The first-order chi connectivity index (χ1) is 13.4. The smallest absolute Gasteiger partial charge is 0.265 e. The van der Waals surface area contributed by atoms with Crippen LogP contribution in [0.4, 0.5) is 10.1 Å². The molecule has 28 heavy (non-hydrogen) atoms. The van der Waals surface area contributed by atoms with E-state index in [2.05, 4.69) is 5.32 Å². The van der Waals surface area contributed by atoms with Crippen LogP contribution < -0.4 is 15.0 Å². The SMILES string of the molecule is CC(=O)c1ccc2c(c1)N(CCCC(=O)NCc1ccc(F)cc1)C(=O)CO2. The highest BCUT2D eigenvalue weighted by atomic mass is 19.1. The molecule has 2 amide bonds. The molecule has 0 fully saturated rings. The summed E-state index contributed by atoms with van der Waals surface area (Å²) < 4.78 is 18.3. The summed E-state index contributed by atoms with van der Waals surface area (Å²) in [4.78, 5) is 37.4. The Kier molecular flexibility index (Phi) is 6.03. The van der Waals surface area contributed by atoms with Gasteiger partial charge in [-0.1, -0.05) is 12.1 Å². The van der Waals surface area contributed by atoms with Gasteiger partial charge < -0.3 is 15.0 Å². The zero-order chi connectivity index (χ0) is 20.1. The Hall–Kier alpha value is -3.22. The van der Waals surface area contributed by atoms with Crippen LogP contribution in [0.25, 0.3) is 0 Å². The summed E-state index contributed by atoms with van der Waals surface area (Å²) in [6.45, 7) is 2.06. The highest BCUT2D eigenvalue weighted by Crippen LogP contribution is 2.33. The lowest BCUT2D eigenvalue weighted by Gasteiger charge is -2.29. The van der Waals surface area contributed by atoms with Crippen molar-refractivity contribution in [1.82, 2.24) is 5.32 Å². The molecule has 2 aromatic carbocycles. The predicted octanol–water partition coefficient (Wildman–Crippen LogP) is 2.85. The van der Waals surface area contributed by atoms with E-state index in [4.69, 9.17) is 4.74 Å².